The molecule has 0 bridgehead atoms. The summed E-state index contributed by atoms with van der Waals surface area (Å²) in [7, 11) is 0. The van der Waals surface area contributed by atoms with E-state index in [-0.39, 0.29) is 41.4 Å². The summed E-state index contributed by atoms with van der Waals surface area (Å²) in [6.07, 6.45) is -2.94. The molecular formula is C22H23ClF3N5O3. The van der Waals surface area contributed by atoms with Gasteiger partial charge in [-0.25, -0.2) is 9.89 Å². The molecule has 0 saturated carbocycles. The van der Waals surface area contributed by atoms with Crippen LogP contribution in [-0.4, -0.2) is 41.6 Å². The number of esters is 1. The first-order valence-electron chi connectivity index (χ1n) is 10.4. The van der Waals surface area contributed by atoms with Gasteiger partial charge in [0, 0.05) is 30.8 Å². The number of anilines is 1. The second-order valence-corrected chi connectivity index (χ2v) is 7.90. The highest BCUT2D eigenvalue weighted by molar-refractivity contribution is 6.33. The number of aromatic nitrogens is 2. The van der Waals surface area contributed by atoms with Crippen LogP contribution >= 0.6 is 11.6 Å². The number of ether oxygens (including phenoxy) is 1. The summed E-state index contributed by atoms with van der Waals surface area (Å²) in [5.41, 5.74) is 5.51. The molecule has 1 aromatic heterocycles. The Hall–Kier alpha value is -3.34. The maximum atomic E-state index is 13.5. The lowest BCUT2D eigenvalue weighted by atomic mass is 9.97. The first kappa shape index (κ1) is 25.3. The molecule has 1 fully saturated rings. The minimum absolute atomic E-state index is 0.000762. The first-order valence-corrected chi connectivity index (χ1v) is 10.8. The fourth-order valence-corrected chi connectivity index (χ4v) is 3.90. The summed E-state index contributed by atoms with van der Waals surface area (Å²) >= 11 is 6.13. The van der Waals surface area contributed by atoms with Crippen molar-refractivity contribution in [2.75, 3.05) is 24.6 Å². The lowest BCUT2D eigenvalue weighted by Crippen LogP contribution is -2.39. The topological polar surface area (TPSA) is 114 Å². The average Bonchev–Trinajstić information content (AvgIpc) is 2.80. The molecule has 0 spiro atoms. The Morgan fingerprint density at radius 1 is 1.38 bits per heavy atom. The molecular weight excluding hydrogens is 475 g/mol. The largest absolute Gasteiger partial charge is 0.461 e. The zero-order valence-corrected chi connectivity index (χ0v) is 19.2. The smallest absolute Gasteiger partial charge is 0.416 e. The van der Waals surface area contributed by atoms with Crippen molar-refractivity contribution in [2.45, 2.75) is 32.5 Å². The van der Waals surface area contributed by atoms with Gasteiger partial charge in [-0.3, -0.25) is 9.79 Å². The van der Waals surface area contributed by atoms with Gasteiger partial charge < -0.3 is 15.4 Å². The van der Waals surface area contributed by atoms with Crippen molar-refractivity contribution in [2.24, 2.45) is 10.7 Å². The summed E-state index contributed by atoms with van der Waals surface area (Å²) in [6.45, 7) is 3.59. The van der Waals surface area contributed by atoms with E-state index in [9.17, 15) is 22.8 Å². The van der Waals surface area contributed by atoms with Crippen molar-refractivity contribution in [3.05, 3.63) is 68.2 Å². The molecule has 34 heavy (non-hydrogen) atoms. The number of hydrogen-bond donors (Lipinski definition) is 2. The molecule has 8 nitrogen and oxygen atoms in total. The fourth-order valence-electron chi connectivity index (χ4n) is 3.69. The van der Waals surface area contributed by atoms with E-state index in [1.165, 1.54) is 24.4 Å². The van der Waals surface area contributed by atoms with Crippen LogP contribution in [0, 0.1) is 0 Å². The molecule has 12 heteroatoms. The van der Waals surface area contributed by atoms with Crippen LogP contribution in [0.2, 0.25) is 5.02 Å². The van der Waals surface area contributed by atoms with Crippen LogP contribution in [-0.2, 0) is 15.7 Å². The lowest BCUT2D eigenvalue weighted by molar-refractivity contribution is -0.139. The highest BCUT2D eigenvalue weighted by Crippen LogP contribution is 2.36. The number of benzene rings is 1. The highest BCUT2D eigenvalue weighted by Gasteiger charge is 2.35. The van der Waals surface area contributed by atoms with E-state index < -0.39 is 29.3 Å². The van der Waals surface area contributed by atoms with Gasteiger partial charge in [0.2, 0.25) is 0 Å². The van der Waals surface area contributed by atoms with E-state index in [4.69, 9.17) is 22.1 Å². The van der Waals surface area contributed by atoms with Gasteiger partial charge in [-0.15, -0.1) is 0 Å². The number of nitrogens with zero attached hydrogens (tertiary/aromatic N) is 3. The average molecular weight is 498 g/mol. The number of halogens is 4. The number of aliphatic imine (C=N–C) groups is 1. The van der Waals surface area contributed by atoms with Crippen molar-refractivity contribution >= 4 is 29.0 Å². The van der Waals surface area contributed by atoms with E-state index in [0.717, 1.165) is 6.07 Å². The van der Waals surface area contributed by atoms with Crippen molar-refractivity contribution in [3.63, 3.8) is 0 Å². The second kappa shape index (κ2) is 10.3. The van der Waals surface area contributed by atoms with Gasteiger partial charge in [-0.1, -0.05) is 29.8 Å². The van der Waals surface area contributed by atoms with E-state index in [0.29, 0.717) is 17.9 Å². The van der Waals surface area contributed by atoms with Crippen LogP contribution in [0.4, 0.5) is 18.9 Å². The molecule has 0 radical (unpaired) electrons. The van der Waals surface area contributed by atoms with Gasteiger partial charge in [0.15, 0.2) is 0 Å². The molecule has 1 aliphatic heterocycles. The number of nitrogens with two attached hydrogens (primary N) is 1. The van der Waals surface area contributed by atoms with E-state index in [2.05, 4.69) is 15.2 Å². The number of aromatic amines is 1. The predicted molar refractivity (Wildman–Crippen MR) is 122 cm³/mol. The SMILES string of the molecule is CCOC(=O)C(N)=C1CN(c2cn[nH]c(=O)c2Cl)CCC1=NC(C)c1ccccc1C(F)(F)F. The van der Waals surface area contributed by atoms with Crippen molar-refractivity contribution in [3.8, 4) is 0 Å². The van der Waals surface area contributed by atoms with E-state index >= 15 is 0 Å². The third kappa shape index (κ3) is 5.41. The quantitative estimate of drug-likeness (QED) is 0.481. The molecule has 2 heterocycles. The number of piperidine rings is 1. The van der Waals surface area contributed by atoms with Crippen LogP contribution < -0.4 is 16.2 Å². The van der Waals surface area contributed by atoms with Gasteiger partial charge in [0.1, 0.15) is 10.7 Å². The van der Waals surface area contributed by atoms with Gasteiger partial charge in [0.25, 0.3) is 5.56 Å². The fraction of sp³-hybridized carbons (Fsp3) is 0.364. The Kier molecular flexibility index (Phi) is 7.65. The zero-order valence-electron chi connectivity index (χ0n) is 18.4. The zero-order chi connectivity index (χ0) is 25.0. The highest BCUT2D eigenvalue weighted by atomic mass is 35.5. The summed E-state index contributed by atoms with van der Waals surface area (Å²) in [5.74, 6) is -0.773. The molecule has 1 aromatic carbocycles. The standard InChI is InChI=1S/C22H23ClF3N5O3/c1-3-34-21(33)19(27)14-11-31(17-10-28-30-20(32)18(17)23)9-8-16(14)29-12(2)13-6-4-5-7-15(13)22(24,25)26/h4-7,10,12H,3,8-9,11,27H2,1-2H3,(H,30,32). The summed E-state index contributed by atoms with van der Waals surface area (Å²) in [4.78, 5) is 30.5. The van der Waals surface area contributed by atoms with E-state index in [1.807, 2.05) is 0 Å². The van der Waals surface area contributed by atoms with Crippen LogP contribution in [0.3, 0.4) is 0 Å². The minimum Gasteiger partial charge on any atom is -0.461 e. The molecule has 1 unspecified atom stereocenters. The summed E-state index contributed by atoms with van der Waals surface area (Å²) in [5, 5.41) is 5.90. The van der Waals surface area contributed by atoms with Crippen molar-refractivity contribution < 1.29 is 22.7 Å². The molecule has 3 N–H and O–H groups in total. The maximum absolute atomic E-state index is 13.5. The number of carbonyl (C=O) groups is 1. The number of nitrogens with one attached hydrogen (secondary N) is 1. The Labute approximate surface area is 198 Å². The van der Waals surface area contributed by atoms with Crippen LogP contribution in [0.25, 0.3) is 0 Å². The molecule has 2 aromatic rings. The van der Waals surface area contributed by atoms with Crippen LogP contribution in [0.15, 0.2) is 51.5 Å². The van der Waals surface area contributed by atoms with Crippen LogP contribution in [0.1, 0.15) is 37.4 Å². The molecule has 1 aliphatic rings. The first-order chi connectivity index (χ1) is 16.0. The number of H-pyrrole nitrogens is 1. The molecule has 0 aliphatic carbocycles. The Bertz CT molecular complexity index is 1190. The maximum Gasteiger partial charge on any atom is 0.416 e. The third-order valence-electron chi connectivity index (χ3n) is 5.32. The second-order valence-electron chi connectivity index (χ2n) is 7.52. The van der Waals surface area contributed by atoms with Gasteiger partial charge in [-0.05, 0) is 25.5 Å². The molecule has 0 amide bonds. The van der Waals surface area contributed by atoms with Crippen molar-refractivity contribution in [1.29, 1.82) is 0 Å². The predicted octanol–water partition coefficient (Wildman–Crippen LogP) is 3.63. The van der Waals surface area contributed by atoms with Crippen molar-refractivity contribution in [1.82, 2.24) is 10.2 Å². The Morgan fingerprint density at radius 3 is 2.76 bits per heavy atom. The third-order valence-corrected chi connectivity index (χ3v) is 5.69. The normalized spacial score (nSPS) is 18.1. The summed E-state index contributed by atoms with van der Waals surface area (Å²) in [6, 6.07) is 4.32. The summed E-state index contributed by atoms with van der Waals surface area (Å²) < 4.78 is 45.5. The van der Waals surface area contributed by atoms with E-state index in [1.54, 1.807) is 18.7 Å². The minimum atomic E-state index is -4.54. The number of alkyl halides is 3. The Morgan fingerprint density at radius 2 is 2.09 bits per heavy atom. The number of hydrogen-bond acceptors (Lipinski definition) is 7. The van der Waals surface area contributed by atoms with Gasteiger partial charge in [-0.2, -0.15) is 18.3 Å². The number of carbonyl (C=O) groups excluding carboxylic acids is 1. The Balaban J connectivity index is 2.04. The molecule has 1 atom stereocenters. The lowest BCUT2D eigenvalue weighted by Gasteiger charge is -2.32. The monoisotopic (exact) mass is 497 g/mol. The molecule has 1 saturated heterocycles. The molecule has 182 valence electrons. The van der Waals surface area contributed by atoms with Gasteiger partial charge in [0.05, 0.1) is 30.1 Å². The van der Waals surface area contributed by atoms with Gasteiger partial charge >= 0.3 is 12.1 Å². The van der Waals surface area contributed by atoms with Crippen LogP contribution in [0.5, 0.6) is 0 Å². The molecule has 3 rings (SSSR count). The number of rotatable bonds is 5.